The summed E-state index contributed by atoms with van der Waals surface area (Å²) in [5.41, 5.74) is 4.76. The quantitative estimate of drug-likeness (QED) is 0.881. The molecule has 0 aliphatic rings. The summed E-state index contributed by atoms with van der Waals surface area (Å²) < 4.78 is 5.51. The first kappa shape index (κ1) is 16.1. The molecule has 0 aromatic heterocycles. The molecule has 2 aromatic carbocycles. The van der Waals surface area contributed by atoms with Gasteiger partial charge in [0.1, 0.15) is 5.75 Å². The van der Waals surface area contributed by atoms with Crippen LogP contribution in [-0.4, -0.2) is 12.5 Å². The number of amides is 1. The average Bonchev–Trinajstić information content (AvgIpc) is 2.51. The van der Waals surface area contributed by atoms with Gasteiger partial charge in [0.15, 0.2) is 0 Å². The predicted octanol–water partition coefficient (Wildman–Crippen LogP) is 4.52. The number of hydrogen-bond donors (Lipinski definition) is 1. The van der Waals surface area contributed by atoms with Gasteiger partial charge in [0.05, 0.1) is 6.61 Å². The third-order valence-corrected chi connectivity index (χ3v) is 3.72. The van der Waals surface area contributed by atoms with Gasteiger partial charge in [-0.15, -0.1) is 0 Å². The molecule has 3 heteroatoms. The summed E-state index contributed by atoms with van der Waals surface area (Å²) in [6.07, 6.45) is 0.888. The molecule has 0 saturated heterocycles. The van der Waals surface area contributed by atoms with Crippen LogP contribution in [-0.2, 0) is 6.42 Å². The molecule has 0 spiro atoms. The summed E-state index contributed by atoms with van der Waals surface area (Å²) >= 11 is 0. The average molecular weight is 297 g/mol. The summed E-state index contributed by atoms with van der Waals surface area (Å²) in [5.74, 6) is 0.735. The number of benzene rings is 2. The number of nitrogens with one attached hydrogen (secondary N) is 1. The molecule has 0 aliphatic heterocycles. The van der Waals surface area contributed by atoms with Gasteiger partial charge in [-0.3, -0.25) is 4.79 Å². The van der Waals surface area contributed by atoms with E-state index in [4.69, 9.17) is 4.74 Å². The number of carbonyl (C=O) groups excluding carboxylic acids is 1. The molecule has 0 aliphatic carbocycles. The highest BCUT2D eigenvalue weighted by Gasteiger charge is 2.12. The number of hydrogen-bond acceptors (Lipinski definition) is 2. The van der Waals surface area contributed by atoms with Gasteiger partial charge in [-0.05, 0) is 62.1 Å². The van der Waals surface area contributed by atoms with E-state index in [-0.39, 0.29) is 5.91 Å². The Labute approximate surface area is 132 Å². The molecule has 0 radical (unpaired) electrons. The standard InChI is InChI=1S/C19H23NO2/c1-5-15-9-7-8-13(3)18(15)20-19(21)16-10-11-17(22-6-2)14(4)12-16/h7-12H,5-6H2,1-4H3,(H,20,21). The summed E-state index contributed by atoms with van der Waals surface area (Å²) in [6.45, 7) is 8.62. The van der Waals surface area contributed by atoms with Crippen molar-refractivity contribution in [1.29, 1.82) is 0 Å². The zero-order valence-electron chi connectivity index (χ0n) is 13.7. The zero-order valence-corrected chi connectivity index (χ0v) is 13.7. The maximum absolute atomic E-state index is 12.5. The number of para-hydroxylation sites is 1. The molecular weight excluding hydrogens is 274 g/mol. The zero-order chi connectivity index (χ0) is 16.1. The van der Waals surface area contributed by atoms with E-state index in [1.165, 1.54) is 0 Å². The fraction of sp³-hybridized carbons (Fsp3) is 0.316. The van der Waals surface area contributed by atoms with Gasteiger partial charge in [0, 0.05) is 11.3 Å². The molecule has 0 unspecified atom stereocenters. The second-order valence-corrected chi connectivity index (χ2v) is 5.33. The predicted molar refractivity (Wildman–Crippen MR) is 90.9 cm³/mol. The normalized spacial score (nSPS) is 10.4. The first-order chi connectivity index (χ1) is 10.6. The smallest absolute Gasteiger partial charge is 0.255 e. The Balaban J connectivity index is 2.25. The van der Waals surface area contributed by atoms with E-state index >= 15 is 0 Å². The highest BCUT2D eigenvalue weighted by atomic mass is 16.5. The van der Waals surface area contributed by atoms with E-state index in [2.05, 4.69) is 12.2 Å². The van der Waals surface area contributed by atoms with Crippen molar-refractivity contribution in [1.82, 2.24) is 0 Å². The van der Waals surface area contributed by atoms with Crippen molar-refractivity contribution in [3.05, 3.63) is 58.7 Å². The molecule has 0 fully saturated rings. The molecule has 1 amide bonds. The van der Waals surface area contributed by atoms with E-state index in [1.807, 2.05) is 51.1 Å². The van der Waals surface area contributed by atoms with Crippen molar-refractivity contribution >= 4 is 11.6 Å². The minimum atomic E-state index is -0.0878. The molecule has 1 N–H and O–H groups in total. The minimum Gasteiger partial charge on any atom is -0.494 e. The van der Waals surface area contributed by atoms with E-state index in [9.17, 15) is 4.79 Å². The Morgan fingerprint density at radius 2 is 1.86 bits per heavy atom. The topological polar surface area (TPSA) is 38.3 Å². The van der Waals surface area contributed by atoms with Gasteiger partial charge in [0.2, 0.25) is 0 Å². The van der Waals surface area contributed by atoms with Gasteiger partial charge >= 0.3 is 0 Å². The largest absolute Gasteiger partial charge is 0.494 e. The molecule has 0 heterocycles. The van der Waals surface area contributed by atoms with E-state index in [0.717, 1.165) is 34.5 Å². The van der Waals surface area contributed by atoms with Crippen LogP contribution in [0.2, 0.25) is 0 Å². The SMILES string of the molecule is CCOc1ccc(C(=O)Nc2c(C)cccc2CC)cc1C. The van der Waals surface area contributed by atoms with Crippen LogP contribution in [0.3, 0.4) is 0 Å². The van der Waals surface area contributed by atoms with Crippen LogP contribution in [0.15, 0.2) is 36.4 Å². The Hall–Kier alpha value is -2.29. The Morgan fingerprint density at radius 1 is 1.09 bits per heavy atom. The molecule has 22 heavy (non-hydrogen) atoms. The number of anilines is 1. The molecule has 0 bridgehead atoms. The molecule has 116 valence electrons. The number of carbonyl (C=O) groups is 1. The van der Waals surface area contributed by atoms with Crippen LogP contribution < -0.4 is 10.1 Å². The second kappa shape index (κ2) is 7.12. The van der Waals surface area contributed by atoms with Crippen LogP contribution in [0.5, 0.6) is 5.75 Å². The Kier molecular flexibility index (Phi) is 5.21. The van der Waals surface area contributed by atoms with E-state index in [0.29, 0.717) is 12.2 Å². The van der Waals surface area contributed by atoms with E-state index < -0.39 is 0 Å². The van der Waals surface area contributed by atoms with Crippen molar-refractivity contribution in [2.45, 2.75) is 34.1 Å². The lowest BCUT2D eigenvalue weighted by Crippen LogP contribution is -2.14. The van der Waals surface area contributed by atoms with Crippen molar-refractivity contribution < 1.29 is 9.53 Å². The summed E-state index contributed by atoms with van der Waals surface area (Å²) in [7, 11) is 0. The van der Waals surface area contributed by atoms with Crippen molar-refractivity contribution in [2.75, 3.05) is 11.9 Å². The maximum Gasteiger partial charge on any atom is 0.255 e. The molecule has 0 saturated carbocycles. The van der Waals surface area contributed by atoms with Crippen LogP contribution >= 0.6 is 0 Å². The highest BCUT2D eigenvalue weighted by Crippen LogP contribution is 2.23. The fourth-order valence-corrected chi connectivity index (χ4v) is 2.50. The van der Waals surface area contributed by atoms with Crippen LogP contribution in [0.1, 0.15) is 40.9 Å². The van der Waals surface area contributed by atoms with Crippen LogP contribution in [0.25, 0.3) is 0 Å². The third kappa shape index (κ3) is 3.48. The maximum atomic E-state index is 12.5. The lowest BCUT2D eigenvalue weighted by molar-refractivity contribution is 0.102. The Morgan fingerprint density at radius 3 is 2.50 bits per heavy atom. The van der Waals surface area contributed by atoms with E-state index in [1.54, 1.807) is 6.07 Å². The molecule has 0 atom stereocenters. The van der Waals surface area contributed by atoms with Crippen LogP contribution in [0, 0.1) is 13.8 Å². The molecular formula is C19H23NO2. The molecule has 2 rings (SSSR count). The first-order valence-corrected chi connectivity index (χ1v) is 7.70. The summed E-state index contributed by atoms with van der Waals surface area (Å²) in [5, 5.41) is 3.04. The monoisotopic (exact) mass is 297 g/mol. The lowest BCUT2D eigenvalue weighted by Gasteiger charge is -2.14. The van der Waals surface area contributed by atoms with Crippen molar-refractivity contribution in [2.24, 2.45) is 0 Å². The number of rotatable bonds is 5. The Bertz CT molecular complexity index is 677. The fourth-order valence-electron chi connectivity index (χ4n) is 2.50. The molecule has 2 aromatic rings. The minimum absolute atomic E-state index is 0.0878. The number of aryl methyl sites for hydroxylation is 3. The van der Waals surface area contributed by atoms with Gasteiger partial charge in [-0.25, -0.2) is 0 Å². The first-order valence-electron chi connectivity index (χ1n) is 7.70. The summed E-state index contributed by atoms with van der Waals surface area (Å²) in [6, 6.07) is 11.6. The van der Waals surface area contributed by atoms with Gasteiger partial charge in [-0.2, -0.15) is 0 Å². The van der Waals surface area contributed by atoms with Crippen molar-refractivity contribution in [3.63, 3.8) is 0 Å². The second-order valence-electron chi connectivity index (χ2n) is 5.33. The van der Waals surface area contributed by atoms with Gasteiger partial charge in [0.25, 0.3) is 5.91 Å². The van der Waals surface area contributed by atoms with Gasteiger partial charge in [-0.1, -0.05) is 25.1 Å². The van der Waals surface area contributed by atoms with Crippen LogP contribution in [0.4, 0.5) is 5.69 Å². The summed E-state index contributed by atoms with van der Waals surface area (Å²) in [4.78, 5) is 12.5. The van der Waals surface area contributed by atoms with Gasteiger partial charge < -0.3 is 10.1 Å². The van der Waals surface area contributed by atoms with Crippen molar-refractivity contribution in [3.8, 4) is 5.75 Å². The highest BCUT2D eigenvalue weighted by molar-refractivity contribution is 6.05. The number of ether oxygens (including phenoxy) is 1. The third-order valence-electron chi connectivity index (χ3n) is 3.72. The molecule has 3 nitrogen and oxygen atoms in total. The lowest BCUT2D eigenvalue weighted by atomic mass is 10.0.